The molecule has 2 nitrogen and oxygen atoms in total. The van der Waals surface area contributed by atoms with E-state index in [-0.39, 0.29) is 0 Å². The van der Waals surface area contributed by atoms with Gasteiger partial charge in [-0.25, -0.2) is 0 Å². The smallest absolute Gasteiger partial charge is 0.119 e. The second-order valence-corrected chi connectivity index (χ2v) is 6.17. The summed E-state index contributed by atoms with van der Waals surface area (Å²) in [5.41, 5.74) is 2.66. The van der Waals surface area contributed by atoms with E-state index in [2.05, 4.69) is 54.7 Å². The van der Waals surface area contributed by atoms with Crippen LogP contribution >= 0.6 is 0 Å². The average Bonchev–Trinajstić information content (AvgIpc) is 3.41. The van der Waals surface area contributed by atoms with Gasteiger partial charge in [0.2, 0.25) is 0 Å². The van der Waals surface area contributed by atoms with Crippen molar-refractivity contribution in [3.63, 3.8) is 0 Å². The molecule has 0 heterocycles. The topological polar surface area (TPSA) is 21.3 Å². The molecular weight excluding hydrogens is 282 g/mol. The van der Waals surface area contributed by atoms with Crippen LogP contribution in [0.4, 0.5) is 0 Å². The standard InChI is InChI=1S/C17H20O.C4H9N/c1-15-8-7-12-17(14-15)18-13-6-5-11-16-9-3-2-4-10-16;1-5-4-2-3-4/h2-4,7-10,12,14H,5-6,11,13H2,1H3;4-5H,2-3H2,1H3. The summed E-state index contributed by atoms with van der Waals surface area (Å²) < 4.78 is 5.72. The molecule has 0 aliphatic heterocycles. The lowest BCUT2D eigenvalue weighted by Gasteiger charge is -2.06. The number of nitrogens with one attached hydrogen (secondary N) is 1. The Morgan fingerprint density at radius 2 is 1.78 bits per heavy atom. The van der Waals surface area contributed by atoms with Crippen molar-refractivity contribution in [1.29, 1.82) is 0 Å². The van der Waals surface area contributed by atoms with Crippen LogP contribution in [0.1, 0.15) is 36.8 Å². The maximum atomic E-state index is 5.72. The maximum Gasteiger partial charge on any atom is 0.119 e. The molecule has 3 rings (SSSR count). The van der Waals surface area contributed by atoms with E-state index in [0.29, 0.717) is 0 Å². The number of aryl methyl sites for hydroxylation is 2. The third kappa shape index (κ3) is 7.85. The Morgan fingerprint density at radius 1 is 1.00 bits per heavy atom. The quantitative estimate of drug-likeness (QED) is 0.744. The number of unbranched alkanes of at least 4 members (excludes halogenated alkanes) is 1. The van der Waals surface area contributed by atoms with E-state index in [1.54, 1.807) is 0 Å². The summed E-state index contributed by atoms with van der Waals surface area (Å²) in [5.74, 6) is 0.981. The Kier molecular flexibility index (Phi) is 7.68. The summed E-state index contributed by atoms with van der Waals surface area (Å²) in [6.07, 6.45) is 6.21. The number of ether oxygens (including phenoxy) is 1. The molecule has 0 bridgehead atoms. The third-order valence-electron chi connectivity index (χ3n) is 3.95. The van der Waals surface area contributed by atoms with E-state index in [0.717, 1.165) is 31.2 Å². The van der Waals surface area contributed by atoms with Crippen molar-refractivity contribution in [3.05, 3.63) is 65.7 Å². The predicted octanol–water partition coefficient (Wildman–Crippen LogP) is 4.76. The molecule has 0 unspecified atom stereocenters. The van der Waals surface area contributed by atoms with Crippen molar-refractivity contribution in [2.75, 3.05) is 13.7 Å². The van der Waals surface area contributed by atoms with Gasteiger partial charge in [0.05, 0.1) is 6.61 Å². The Labute approximate surface area is 140 Å². The van der Waals surface area contributed by atoms with Gasteiger partial charge in [0.1, 0.15) is 5.75 Å². The lowest BCUT2D eigenvalue weighted by Crippen LogP contribution is -2.06. The van der Waals surface area contributed by atoms with E-state index in [9.17, 15) is 0 Å². The van der Waals surface area contributed by atoms with Crippen LogP contribution in [-0.2, 0) is 6.42 Å². The number of hydrogen-bond donors (Lipinski definition) is 1. The normalized spacial score (nSPS) is 13.1. The minimum Gasteiger partial charge on any atom is -0.494 e. The average molecular weight is 311 g/mol. The van der Waals surface area contributed by atoms with E-state index in [4.69, 9.17) is 4.74 Å². The van der Waals surface area contributed by atoms with Crippen molar-refractivity contribution in [2.24, 2.45) is 0 Å². The molecule has 0 radical (unpaired) electrons. The molecule has 2 aromatic carbocycles. The third-order valence-corrected chi connectivity index (χ3v) is 3.95. The van der Waals surface area contributed by atoms with Crippen LogP contribution in [0.3, 0.4) is 0 Å². The highest BCUT2D eigenvalue weighted by molar-refractivity contribution is 5.27. The predicted molar refractivity (Wildman–Crippen MR) is 98.1 cm³/mol. The molecule has 1 aliphatic carbocycles. The summed E-state index contributed by atoms with van der Waals surface area (Å²) in [4.78, 5) is 0. The highest BCUT2D eigenvalue weighted by atomic mass is 16.5. The zero-order valence-corrected chi connectivity index (χ0v) is 14.4. The second-order valence-electron chi connectivity index (χ2n) is 6.17. The van der Waals surface area contributed by atoms with Crippen LogP contribution in [0.15, 0.2) is 54.6 Å². The minimum absolute atomic E-state index is 0.802. The van der Waals surface area contributed by atoms with Crippen molar-refractivity contribution >= 4 is 0 Å². The highest BCUT2D eigenvalue weighted by Gasteiger charge is 2.17. The molecular formula is C21H29NO. The van der Waals surface area contributed by atoms with E-state index in [1.807, 2.05) is 19.2 Å². The van der Waals surface area contributed by atoms with E-state index in [1.165, 1.54) is 30.4 Å². The first-order chi connectivity index (χ1) is 11.3. The molecule has 0 spiro atoms. The summed E-state index contributed by atoms with van der Waals surface area (Å²) in [7, 11) is 2.01. The fourth-order valence-corrected chi connectivity index (χ4v) is 2.34. The van der Waals surface area contributed by atoms with Crippen LogP contribution < -0.4 is 10.1 Å². The molecule has 0 amide bonds. The maximum absolute atomic E-state index is 5.72. The molecule has 0 saturated heterocycles. The zero-order valence-electron chi connectivity index (χ0n) is 14.4. The molecule has 1 N–H and O–H groups in total. The van der Waals surface area contributed by atoms with Crippen LogP contribution in [0.2, 0.25) is 0 Å². The zero-order chi connectivity index (χ0) is 16.3. The Morgan fingerprint density at radius 3 is 2.39 bits per heavy atom. The first kappa shape index (κ1) is 17.6. The van der Waals surface area contributed by atoms with Crippen LogP contribution in [0.25, 0.3) is 0 Å². The molecule has 0 atom stereocenters. The fraction of sp³-hybridized carbons (Fsp3) is 0.429. The fourth-order valence-electron chi connectivity index (χ4n) is 2.34. The van der Waals surface area contributed by atoms with Crippen LogP contribution in [0, 0.1) is 6.92 Å². The highest BCUT2D eigenvalue weighted by Crippen LogP contribution is 2.17. The Hall–Kier alpha value is -1.80. The molecule has 2 heteroatoms. The van der Waals surface area contributed by atoms with Gasteiger partial charge in [-0.15, -0.1) is 0 Å². The first-order valence-corrected chi connectivity index (χ1v) is 8.68. The lowest BCUT2D eigenvalue weighted by atomic mass is 10.1. The monoisotopic (exact) mass is 311 g/mol. The molecule has 124 valence electrons. The summed E-state index contributed by atoms with van der Waals surface area (Å²) in [5, 5.41) is 3.14. The van der Waals surface area contributed by atoms with Crippen molar-refractivity contribution in [2.45, 2.75) is 45.1 Å². The van der Waals surface area contributed by atoms with E-state index < -0.39 is 0 Å². The van der Waals surface area contributed by atoms with E-state index >= 15 is 0 Å². The van der Waals surface area contributed by atoms with Gasteiger partial charge in [0, 0.05) is 6.04 Å². The summed E-state index contributed by atoms with van der Waals surface area (Å²) in [6, 6.07) is 19.7. The van der Waals surface area contributed by atoms with Crippen molar-refractivity contribution in [3.8, 4) is 5.75 Å². The van der Waals surface area contributed by atoms with Gasteiger partial charge in [-0.2, -0.15) is 0 Å². The minimum atomic E-state index is 0.802. The Balaban J connectivity index is 0.000000326. The second kappa shape index (κ2) is 10.1. The lowest BCUT2D eigenvalue weighted by molar-refractivity contribution is 0.307. The molecule has 23 heavy (non-hydrogen) atoms. The van der Waals surface area contributed by atoms with Gasteiger partial charge in [-0.3, -0.25) is 0 Å². The van der Waals surface area contributed by atoms with Crippen molar-refractivity contribution in [1.82, 2.24) is 5.32 Å². The number of hydrogen-bond acceptors (Lipinski definition) is 2. The van der Waals surface area contributed by atoms with Crippen LogP contribution in [-0.4, -0.2) is 19.7 Å². The molecule has 2 aromatic rings. The summed E-state index contributed by atoms with van der Waals surface area (Å²) >= 11 is 0. The Bertz CT molecular complexity index is 549. The van der Waals surface area contributed by atoms with Crippen LogP contribution in [0.5, 0.6) is 5.75 Å². The molecule has 1 saturated carbocycles. The van der Waals surface area contributed by atoms with Gasteiger partial charge in [-0.1, -0.05) is 42.5 Å². The molecule has 0 aromatic heterocycles. The largest absolute Gasteiger partial charge is 0.494 e. The van der Waals surface area contributed by atoms with Gasteiger partial charge < -0.3 is 10.1 Å². The SMILES string of the molecule is CNC1CC1.Cc1cccc(OCCCCc2ccccc2)c1. The van der Waals surface area contributed by atoms with Gasteiger partial charge in [0.15, 0.2) is 0 Å². The summed E-state index contributed by atoms with van der Waals surface area (Å²) in [6.45, 7) is 2.89. The number of rotatable bonds is 7. The molecule has 1 fully saturated rings. The number of benzene rings is 2. The first-order valence-electron chi connectivity index (χ1n) is 8.68. The van der Waals surface area contributed by atoms with Crippen molar-refractivity contribution < 1.29 is 4.74 Å². The van der Waals surface area contributed by atoms with Gasteiger partial charge in [0.25, 0.3) is 0 Å². The van der Waals surface area contributed by atoms with Gasteiger partial charge >= 0.3 is 0 Å². The van der Waals surface area contributed by atoms with Gasteiger partial charge in [-0.05, 0) is 69.3 Å². The molecule has 1 aliphatic rings.